The fourth-order valence-corrected chi connectivity index (χ4v) is 1.87. The molecule has 1 heterocycles. The maximum absolute atomic E-state index is 12.3. The van der Waals surface area contributed by atoms with E-state index < -0.39 is 18.8 Å². The van der Waals surface area contributed by atoms with Crippen molar-refractivity contribution in [2.45, 2.75) is 13.1 Å². The number of hydrogen-bond acceptors (Lipinski definition) is 6. The van der Waals surface area contributed by atoms with Gasteiger partial charge in [0.2, 0.25) is 0 Å². The van der Waals surface area contributed by atoms with Gasteiger partial charge in [-0.25, -0.2) is 4.79 Å². The molecule has 1 N–H and O–H groups in total. The van der Waals surface area contributed by atoms with Gasteiger partial charge in [-0.3, -0.25) is 0 Å². The van der Waals surface area contributed by atoms with Crippen LogP contribution in [0.3, 0.4) is 0 Å². The summed E-state index contributed by atoms with van der Waals surface area (Å²) in [6.45, 7) is 0.368. The van der Waals surface area contributed by atoms with E-state index in [4.69, 9.17) is 14.2 Å². The summed E-state index contributed by atoms with van der Waals surface area (Å²) in [6, 6.07) is 4.13. The van der Waals surface area contributed by atoms with Crippen LogP contribution in [0.4, 0.5) is 13.2 Å². The van der Waals surface area contributed by atoms with Crippen LogP contribution in [0.2, 0.25) is 0 Å². The van der Waals surface area contributed by atoms with Gasteiger partial charge < -0.3 is 14.2 Å². The van der Waals surface area contributed by atoms with Crippen LogP contribution in [0.15, 0.2) is 18.2 Å². The molecule has 0 saturated carbocycles. The van der Waals surface area contributed by atoms with Gasteiger partial charge in [0.25, 0.3) is 0 Å². The number of carbonyl (C=O) groups is 1. The molecule has 0 saturated heterocycles. The molecule has 0 unspecified atom stereocenters. The Morgan fingerprint density at radius 2 is 2.00 bits per heavy atom. The molecule has 0 bridgehead atoms. The number of carbonyl (C=O) groups excluding carboxylic acids is 1. The summed E-state index contributed by atoms with van der Waals surface area (Å²) < 4.78 is 51.4. The van der Waals surface area contributed by atoms with Crippen molar-refractivity contribution in [3.8, 4) is 22.8 Å². The van der Waals surface area contributed by atoms with Gasteiger partial charge >= 0.3 is 12.1 Å². The van der Waals surface area contributed by atoms with E-state index >= 15 is 0 Å². The predicted molar refractivity (Wildman–Crippen MR) is 75.9 cm³/mol. The molecule has 0 aliphatic heterocycles. The first kappa shape index (κ1) is 17.6. The maximum atomic E-state index is 12.3. The molecule has 0 spiro atoms. The maximum Gasteiger partial charge on any atom is 0.422 e. The van der Waals surface area contributed by atoms with Crippen molar-refractivity contribution >= 4 is 5.97 Å². The Morgan fingerprint density at radius 3 is 2.62 bits per heavy atom. The molecular weight excluding hydrogens is 331 g/mol. The van der Waals surface area contributed by atoms with E-state index in [0.29, 0.717) is 5.56 Å². The summed E-state index contributed by atoms with van der Waals surface area (Å²) in [4.78, 5) is 11.8. The number of ether oxygens (including phenoxy) is 3. The van der Waals surface area contributed by atoms with Gasteiger partial charge in [0.05, 0.1) is 13.7 Å². The summed E-state index contributed by atoms with van der Waals surface area (Å²) in [5.74, 6) is -0.688. The summed E-state index contributed by atoms with van der Waals surface area (Å²) in [5, 5.41) is 9.90. The smallest absolute Gasteiger partial charge is 0.422 e. The number of nitrogens with zero attached hydrogens (tertiary/aromatic N) is 2. The van der Waals surface area contributed by atoms with E-state index in [2.05, 4.69) is 15.4 Å². The van der Waals surface area contributed by atoms with E-state index in [0.717, 1.165) is 0 Å². The zero-order valence-electron chi connectivity index (χ0n) is 12.8. The van der Waals surface area contributed by atoms with Crippen LogP contribution < -0.4 is 9.47 Å². The number of aromatic amines is 1. The van der Waals surface area contributed by atoms with E-state index in [1.165, 1.54) is 25.3 Å². The molecule has 0 amide bonds. The Hall–Kier alpha value is -2.78. The highest BCUT2D eigenvalue weighted by Crippen LogP contribution is 2.33. The highest BCUT2D eigenvalue weighted by Gasteiger charge is 2.29. The number of methoxy groups -OCH3 is 1. The Balaban J connectivity index is 2.30. The van der Waals surface area contributed by atoms with Gasteiger partial charge in [0, 0.05) is 5.56 Å². The van der Waals surface area contributed by atoms with Crippen LogP contribution in [0.25, 0.3) is 11.3 Å². The molecule has 0 aliphatic rings. The van der Waals surface area contributed by atoms with Crippen molar-refractivity contribution in [2.24, 2.45) is 0 Å². The number of halogens is 3. The molecule has 0 fully saturated rings. The molecule has 7 nitrogen and oxygen atoms in total. The van der Waals surface area contributed by atoms with Gasteiger partial charge in [-0.15, -0.1) is 5.10 Å². The molecule has 24 heavy (non-hydrogen) atoms. The first-order chi connectivity index (χ1) is 11.4. The molecule has 1 aromatic carbocycles. The second-order valence-electron chi connectivity index (χ2n) is 4.51. The van der Waals surface area contributed by atoms with Crippen LogP contribution in [0, 0.1) is 0 Å². The molecule has 0 atom stereocenters. The van der Waals surface area contributed by atoms with Crippen LogP contribution in [0.5, 0.6) is 11.5 Å². The summed E-state index contributed by atoms with van der Waals surface area (Å²) in [5.41, 5.74) is 0.556. The van der Waals surface area contributed by atoms with Crippen LogP contribution >= 0.6 is 0 Å². The highest BCUT2D eigenvalue weighted by molar-refractivity contribution is 5.94. The molecular formula is C14H14F3N3O4. The normalized spacial score (nSPS) is 11.2. The lowest BCUT2D eigenvalue weighted by Crippen LogP contribution is -2.19. The number of benzene rings is 1. The second kappa shape index (κ2) is 7.20. The third-order valence-electron chi connectivity index (χ3n) is 2.85. The van der Waals surface area contributed by atoms with Crippen molar-refractivity contribution in [3.63, 3.8) is 0 Å². The fourth-order valence-electron chi connectivity index (χ4n) is 1.87. The van der Waals surface area contributed by atoms with Crippen LogP contribution in [-0.2, 0) is 4.74 Å². The average Bonchev–Trinajstić information content (AvgIpc) is 3.02. The van der Waals surface area contributed by atoms with Gasteiger partial charge in [0.1, 0.15) is 5.69 Å². The monoisotopic (exact) mass is 345 g/mol. The zero-order chi connectivity index (χ0) is 17.7. The number of nitrogens with one attached hydrogen (secondary N) is 1. The SMILES string of the molecule is CCOC(=O)c1n[nH]nc1-c1ccc(OCC(F)(F)F)c(OC)c1. The molecule has 0 radical (unpaired) electrons. The number of aromatic nitrogens is 3. The van der Waals surface area contributed by atoms with Gasteiger partial charge in [0.15, 0.2) is 23.8 Å². The highest BCUT2D eigenvalue weighted by atomic mass is 19.4. The number of esters is 1. The minimum atomic E-state index is -4.47. The number of H-pyrrole nitrogens is 1. The average molecular weight is 345 g/mol. The minimum Gasteiger partial charge on any atom is -0.493 e. The zero-order valence-corrected chi connectivity index (χ0v) is 12.8. The lowest BCUT2D eigenvalue weighted by Gasteiger charge is -2.13. The largest absolute Gasteiger partial charge is 0.493 e. The van der Waals surface area contributed by atoms with Crippen molar-refractivity contribution in [3.05, 3.63) is 23.9 Å². The molecule has 2 aromatic rings. The standard InChI is InChI=1S/C14H14F3N3O4/c1-3-23-13(21)12-11(18-20-19-12)8-4-5-9(10(6-8)22-2)24-7-14(15,16)17/h4-6H,3,7H2,1-2H3,(H,18,19,20). The molecule has 130 valence electrons. The summed E-state index contributed by atoms with van der Waals surface area (Å²) in [6.07, 6.45) is -4.47. The van der Waals surface area contributed by atoms with E-state index in [9.17, 15) is 18.0 Å². The number of hydrogen-bond donors (Lipinski definition) is 1. The third-order valence-corrected chi connectivity index (χ3v) is 2.85. The van der Waals surface area contributed by atoms with Crippen molar-refractivity contribution in [1.82, 2.24) is 15.4 Å². The Kier molecular flexibility index (Phi) is 5.27. The first-order valence-electron chi connectivity index (χ1n) is 6.81. The van der Waals surface area contributed by atoms with E-state index in [1.54, 1.807) is 6.92 Å². The van der Waals surface area contributed by atoms with Crippen molar-refractivity contribution in [1.29, 1.82) is 0 Å². The minimum absolute atomic E-state index is 0.0390. The molecule has 0 aliphatic carbocycles. The van der Waals surface area contributed by atoms with E-state index in [1.807, 2.05) is 0 Å². The fraction of sp³-hybridized carbons (Fsp3) is 0.357. The molecule has 2 rings (SSSR count). The topological polar surface area (TPSA) is 86.3 Å². The molecule has 1 aromatic heterocycles. The Morgan fingerprint density at radius 1 is 1.25 bits per heavy atom. The number of alkyl halides is 3. The van der Waals surface area contributed by atoms with Gasteiger partial charge in [-0.1, -0.05) is 0 Å². The lowest BCUT2D eigenvalue weighted by atomic mass is 10.1. The van der Waals surface area contributed by atoms with Crippen molar-refractivity contribution < 1.29 is 32.2 Å². The first-order valence-corrected chi connectivity index (χ1v) is 6.81. The van der Waals surface area contributed by atoms with Crippen LogP contribution in [0.1, 0.15) is 17.4 Å². The lowest BCUT2D eigenvalue weighted by molar-refractivity contribution is -0.153. The molecule has 10 heteroatoms. The van der Waals surface area contributed by atoms with Gasteiger partial charge in [-0.05, 0) is 25.1 Å². The quantitative estimate of drug-likeness (QED) is 0.810. The second-order valence-corrected chi connectivity index (χ2v) is 4.51. The third kappa shape index (κ3) is 4.15. The van der Waals surface area contributed by atoms with E-state index in [-0.39, 0.29) is 29.5 Å². The summed E-state index contributed by atoms with van der Waals surface area (Å²) >= 11 is 0. The van der Waals surface area contributed by atoms with Gasteiger partial charge in [-0.2, -0.15) is 23.5 Å². The van der Waals surface area contributed by atoms with Crippen LogP contribution in [-0.4, -0.2) is 47.9 Å². The Bertz CT molecular complexity index is 716. The predicted octanol–water partition coefficient (Wildman–Crippen LogP) is 2.60. The number of rotatable bonds is 6. The summed E-state index contributed by atoms with van der Waals surface area (Å²) in [7, 11) is 1.29. The van der Waals surface area contributed by atoms with Crippen molar-refractivity contribution in [2.75, 3.05) is 20.3 Å². The Labute approximate surface area is 134 Å².